The first-order chi connectivity index (χ1) is 14.4. The first kappa shape index (κ1) is 21.4. The zero-order valence-electron chi connectivity index (χ0n) is 16.5. The van der Waals surface area contributed by atoms with E-state index in [0.29, 0.717) is 5.69 Å². The standard InChI is InChI=1S/C21H23F2N3O4/c1-29-17-7-5-6-14(18(17)30-21(22)23)20(28)25-15-12-13(19(24)27)8-9-16(15)26-10-3-2-4-11-26/h5-9,12,21H,2-4,10-11H2,1H3,(H2,24,27)(H,25,28). The summed E-state index contributed by atoms with van der Waals surface area (Å²) in [7, 11) is 1.29. The van der Waals surface area contributed by atoms with Gasteiger partial charge in [-0.3, -0.25) is 9.59 Å². The molecule has 160 valence electrons. The van der Waals surface area contributed by atoms with Crippen molar-refractivity contribution in [2.24, 2.45) is 5.73 Å². The van der Waals surface area contributed by atoms with Crippen LogP contribution in [-0.2, 0) is 0 Å². The van der Waals surface area contributed by atoms with Crippen LogP contribution >= 0.6 is 0 Å². The van der Waals surface area contributed by atoms with Crippen LogP contribution < -0.4 is 25.4 Å². The summed E-state index contributed by atoms with van der Waals surface area (Å²) >= 11 is 0. The van der Waals surface area contributed by atoms with E-state index in [9.17, 15) is 18.4 Å². The molecule has 1 fully saturated rings. The van der Waals surface area contributed by atoms with Gasteiger partial charge in [-0.15, -0.1) is 0 Å². The zero-order chi connectivity index (χ0) is 21.7. The summed E-state index contributed by atoms with van der Waals surface area (Å²) in [6, 6.07) is 9.08. The first-order valence-electron chi connectivity index (χ1n) is 9.52. The molecule has 3 rings (SSSR count). The molecule has 2 aromatic carbocycles. The van der Waals surface area contributed by atoms with Crippen molar-refractivity contribution < 1.29 is 27.8 Å². The molecule has 2 aromatic rings. The third-order valence-corrected chi connectivity index (χ3v) is 4.88. The van der Waals surface area contributed by atoms with E-state index in [1.807, 2.05) is 0 Å². The van der Waals surface area contributed by atoms with Gasteiger partial charge in [-0.05, 0) is 49.6 Å². The first-order valence-corrected chi connectivity index (χ1v) is 9.52. The van der Waals surface area contributed by atoms with Crippen LogP contribution in [0.2, 0.25) is 0 Å². The fraction of sp³-hybridized carbons (Fsp3) is 0.333. The fourth-order valence-electron chi connectivity index (χ4n) is 3.46. The molecular weight excluding hydrogens is 396 g/mol. The summed E-state index contributed by atoms with van der Waals surface area (Å²) in [5.41, 5.74) is 6.58. The number of primary amides is 1. The van der Waals surface area contributed by atoms with Crippen molar-refractivity contribution in [1.82, 2.24) is 0 Å². The van der Waals surface area contributed by atoms with E-state index < -0.39 is 18.4 Å². The van der Waals surface area contributed by atoms with Crippen LogP contribution in [0.4, 0.5) is 20.2 Å². The Morgan fingerprint density at radius 1 is 1.13 bits per heavy atom. The number of halogens is 2. The Morgan fingerprint density at radius 3 is 2.50 bits per heavy atom. The van der Waals surface area contributed by atoms with Gasteiger partial charge in [0.2, 0.25) is 5.91 Å². The number of anilines is 2. The van der Waals surface area contributed by atoms with Crippen molar-refractivity contribution >= 4 is 23.2 Å². The number of ether oxygens (including phenoxy) is 2. The number of hydrogen-bond donors (Lipinski definition) is 2. The third-order valence-electron chi connectivity index (χ3n) is 4.88. The quantitative estimate of drug-likeness (QED) is 0.715. The van der Waals surface area contributed by atoms with E-state index in [4.69, 9.17) is 10.5 Å². The number of nitrogens with two attached hydrogens (primary N) is 1. The normalized spacial score (nSPS) is 13.8. The highest BCUT2D eigenvalue weighted by Crippen LogP contribution is 2.35. The largest absolute Gasteiger partial charge is 0.493 e. The summed E-state index contributed by atoms with van der Waals surface area (Å²) in [6.07, 6.45) is 3.14. The van der Waals surface area contributed by atoms with E-state index in [2.05, 4.69) is 15.0 Å². The number of amides is 2. The minimum atomic E-state index is -3.13. The minimum absolute atomic E-state index is 0.00471. The molecule has 1 saturated heterocycles. The van der Waals surface area contributed by atoms with Gasteiger partial charge in [-0.25, -0.2) is 0 Å². The van der Waals surface area contributed by atoms with Gasteiger partial charge in [-0.1, -0.05) is 6.07 Å². The molecule has 0 atom stereocenters. The molecule has 1 aliphatic rings. The number of benzene rings is 2. The van der Waals surface area contributed by atoms with Crippen molar-refractivity contribution in [2.75, 3.05) is 30.4 Å². The number of carbonyl (C=O) groups excluding carboxylic acids is 2. The number of methoxy groups -OCH3 is 1. The Hall–Kier alpha value is -3.36. The Labute approximate surface area is 172 Å². The lowest BCUT2D eigenvalue weighted by molar-refractivity contribution is -0.0515. The predicted molar refractivity (Wildman–Crippen MR) is 109 cm³/mol. The number of nitrogens with zero attached hydrogens (tertiary/aromatic N) is 1. The van der Waals surface area contributed by atoms with Gasteiger partial charge >= 0.3 is 6.61 Å². The van der Waals surface area contributed by atoms with E-state index >= 15 is 0 Å². The summed E-state index contributed by atoms with van der Waals surface area (Å²) in [4.78, 5) is 26.7. The molecule has 1 aliphatic heterocycles. The van der Waals surface area contributed by atoms with Crippen LogP contribution in [0.3, 0.4) is 0 Å². The number of hydrogen-bond acceptors (Lipinski definition) is 5. The average Bonchev–Trinajstić information content (AvgIpc) is 2.74. The summed E-state index contributed by atoms with van der Waals surface area (Å²) in [5.74, 6) is -1.67. The number of carbonyl (C=O) groups is 2. The third kappa shape index (κ3) is 4.79. The van der Waals surface area contributed by atoms with E-state index in [-0.39, 0.29) is 22.6 Å². The molecule has 1 heterocycles. The number of nitrogens with one attached hydrogen (secondary N) is 1. The van der Waals surface area contributed by atoms with Gasteiger partial charge in [0, 0.05) is 18.7 Å². The SMILES string of the molecule is COc1cccc(C(=O)Nc2cc(C(N)=O)ccc2N2CCCCC2)c1OC(F)F. The van der Waals surface area contributed by atoms with Crippen LogP contribution in [0.1, 0.15) is 40.0 Å². The monoisotopic (exact) mass is 419 g/mol. The van der Waals surface area contributed by atoms with Crippen LogP contribution in [0, 0.1) is 0 Å². The molecule has 7 nitrogen and oxygen atoms in total. The molecule has 0 saturated carbocycles. The average molecular weight is 419 g/mol. The maximum absolute atomic E-state index is 13.0. The Bertz CT molecular complexity index is 930. The summed E-state index contributed by atoms with van der Waals surface area (Å²) < 4.78 is 35.4. The topological polar surface area (TPSA) is 93.9 Å². The predicted octanol–water partition coefficient (Wildman–Crippen LogP) is 3.64. The van der Waals surface area contributed by atoms with Crippen molar-refractivity contribution in [3.05, 3.63) is 47.5 Å². The second-order valence-corrected chi connectivity index (χ2v) is 6.81. The second-order valence-electron chi connectivity index (χ2n) is 6.81. The number of alkyl halides is 2. The molecule has 0 aromatic heterocycles. The van der Waals surface area contributed by atoms with Gasteiger partial charge in [0.25, 0.3) is 5.91 Å². The lowest BCUT2D eigenvalue weighted by Crippen LogP contribution is -2.30. The summed E-state index contributed by atoms with van der Waals surface area (Å²) in [5, 5.41) is 2.72. The zero-order valence-corrected chi connectivity index (χ0v) is 16.5. The highest BCUT2D eigenvalue weighted by Gasteiger charge is 2.23. The molecule has 0 bridgehead atoms. The highest BCUT2D eigenvalue weighted by atomic mass is 19.3. The molecule has 0 spiro atoms. The molecule has 0 radical (unpaired) electrons. The molecule has 30 heavy (non-hydrogen) atoms. The van der Waals surface area contributed by atoms with Crippen molar-refractivity contribution in [2.45, 2.75) is 25.9 Å². The van der Waals surface area contributed by atoms with Gasteiger partial charge in [0.05, 0.1) is 24.0 Å². The lowest BCUT2D eigenvalue weighted by Gasteiger charge is -2.30. The number of rotatable bonds is 7. The Morgan fingerprint density at radius 2 is 1.87 bits per heavy atom. The Balaban J connectivity index is 1.98. The molecular formula is C21H23F2N3O4. The maximum atomic E-state index is 13.0. The van der Waals surface area contributed by atoms with Crippen LogP contribution in [0.5, 0.6) is 11.5 Å². The van der Waals surface area contributed by atoms with E-state index in [0.717, 1.165) is 38.0 Å². The van der Waals surface area contributed by atoms with Gasteiger partial charge in [0.1, 0.15) is 0 Å². The molecule has 3 N–H and O–H groups in total. The molecule has 2 amide bonds. The molecule has 0 unspecified atom stereocenters. The number of piperidine rings is 1. The van der Waals surface area contributed by atoms with E-state index in [1.165, 1.54) is 31.4 Å². The van der Waals surface area contributed by atoms with Crippen LogP contribution in [0.25, 0.3) is 0 Å². The maximum Gasteiger partial charge on any atom is 0.387 e. The van der Waals surface area contributed by atoms with E-state index in [1.54, 1.807) is 12.1 Å². The van der Waals surface area contributed by atoms with Crippen molar-refractivity contribution in [1.29, 1.82) is 0 Å². The van der Waals surface area contributed by atoms with Gasteiger partial charge < -0.3 is 25.4 Å². The second kappa shape index (κ2) is 9.43. The van der Waals surface area contributed by atoms with Crippen molar-refractivity contribution in [3.8, 4) is 11.5 Å². The lowest BCUT2D eigenvalue weighted by atomic mass is 10.1. The van der Waals surface area contributed by atoms with Crippen LogP contribution in [0.15, 0.2) is 36.4 Å². The molecule has 0 aliphatic carbocycles. The molecule has 9 heteroatoms. The highest BCUT2D eigenvalue weighted by molar-refractivity contribution is 6.09. The van der Waals surface area contributed by atoms with Gasteiger partial charge in [-0.2, -0.15) is 8.78 Å². The Kier molecular flexibility index (Phi) is 6.71. The smallest absolute Gasteiger partial charge is 0.387 e. The number of para-hydroxylation sites is 1. The minimum Gasteiger partial charge on any atom is -0.493 e. The van der Waals surface area contributed by atoms with Crippen LogP contribution in [-0.4, -0.2) is 38.6 Å². The van der Waals surface area contributed by atoms with Gasteiger partial charge in [0.15, 0.2) is 11.5 Å². The fourth-order valence-corrected chi connectivity index (χ4v) is 3.46. The van der Waals surface area contributed by atoms with Crippen molar-refractivity contribution in [3.63, 3.8) is 0 Å². The summed E-state index contributed by atoms with van der Waals surface area (Å²) in [6.45, 7) is -1.52.